The molecule has 2 nitrogen and oxygen atoms in total. The van der Waals surface area contributed by atoms with Crippen LogP contribution in [0.3, 0.4) is 0 Å². The second-order valence-corrected chi connectivity index (χ2v) is 6.52. The lowest BCUT2D eigenvalue weighted by Gasteiger charge is -2.19. The number of fused-ring (bicyclic) bond motifs is 4. The number of rotatable bonds is 0. The quantitative estimate of drug-likeness (QED) is 0.579. The van der Waals surface area contributed by atoms with E-state index < -0.39 is 0 Å². The molecule has 4 heteroatoms. The van der Waals surface area contributed by atoms with Gasteiger partial charge in [0.25, 0.3) is 0 Å². The fraction of sp³-hybridized carbons (Fsp3) is 0.167. The van der Waals surface area contributed by atoms with Crippen LogP contribution < -0.4 is 5.43 Å². The van der Waals surface area contributed by atoms with E-state index in [1.165, 1.54) is 12.1 Å². The predicted octanol–water partition coefficient (Wildman–Crippen LogP) is 4.77. The van der Waals surface area contributed by atoms with Crippen molar-refractivity contribution in [3.05, 3.63) is 67.5 Å². The summed E-state index contributed by atoms with van der Waals surface area (Å²) in [5, 5.41) is 0.594. The average molecular weight is 359 g/mol. The fourth-order valence-corrected chi connectivity index (χ4v) is 3.78. The molecule has 0 radical (unpaired) electrons. The first-order valence-corrected chi connectivity index (χ1v) is 7.88. The molecule has 110 valence electrons. The van der Waals surface area contributed by atoms with Crippen LogP contribution in [0.25, 0.3) is 22.3 Å². The van der Waals surface area contributed by atoms with Crippen LogP contribution in [0.5, 0.6) is 0 Å². The molecule has 2 aromatic carbocycles. The van der Waals surface area contributed by atoms with Crippen molar-refractivity contribution in [2.24, 2.45) is 0 Å². The van der Waals surface area contributed by atoms with Crippen molar-refractivity contribution in [1.29, 1.82) is 0 Å². The maximum Gasteiger partial charge on any atom is 0.196 e. The number of halogens is 2. The highest BCUT2D eigenvalue weighted by Gasteiger charge is 2.23. The van der Waals surface area contributed by atoms with Crippen molar-refractivity contribution >= 4 is 26.9 Å². The molecule has 1 aliphatic carbocycles. The molecule has 0 saturated heterocycles. The van der Waals surface area contributed by atoms with E-state index in [0.29, 0.717) is 35.1 Å². The van der Waals surface area contributed by atoms with E-state index >= 15 is 0 Å². The summed E-state index contributed by atoms with van der Waals surface area (Å²) in [7, 11) is 0. The lowest BCUT2D eigenvalue weighted by molar-refractivity contribution is 0.596. The first kappa shape index (κ1) is 13.7. The minimum atomic E-state index is -0.262. The molecule has 0 aliphatic heterocycles. The Labute approximate surface area is 134 Å². The highest BCUT2D eigenvalue weighted by molar-refractivity contribution is 9.10. The molecule has 1 aliphatic rings. The van der Waals surface area contributed by atoms with E-state index in [4.69, 9.17) is 4.42 Å². The van der Waals surface area contributed by atoms with E-state index in [2.05, 4.69) is 15.9 Å². The SMILES string of the molecule is Cc1cc(Br)c2oc3c(c(=O)c2c1)CCc1cc(F)ccc1-3. The number of hydrogen-bond donors (Lipinski definition) is 0. The van der Waals surface area contributed by atoms with Gasteiger partial charge in [-0.25, -0.2) is 4.39 Å². The van der Waals surface area contributed by atoms with Gasteiger partial charge >= 0.3 is 0 Å². The van der Waals surface area contributed by atoms with Gasteiger partial charge in [0.2, 0.25) is 0 Å². The summed E-state index contributed by atoms with van der Waals surface area (Å²) in [6.45, 7) is 1.95. The number of aryl methyl sites for hydroxylation is 2. The molecular formula is C18H12BrFO2. The van der Waals surface area contributed by atoms with Crippen molar-refractivity contribution in [3.8, 4) is 11.3 Å². The average Bonchev–Trinajstić information content (AvgIpc) is 2.48. The van der Waals surface area contributed by atoms with Gasteiger partial charge in [0.1, 0.15) is 11.6 Å². The second-order valence-electron chi connectivity index (χ2n) is 5.66. The highest BCUT2D eigenvalue weighted by atomic mass is 79.9. The Morgan fingerprint density at radius 3 is 2.82 bits per heavy atom. The third-order valence-electron chi connectivity index (χ3n) is 4.14. The zero-order valence-corrected chi connectivity index (χ0v) is 13.5. The number of benzene rings is 2. The van der Waals surface area contributed by atoms with Gasteiger partial charge in [0.05, 0.1) is 9.86 Å². The highest BCUT2D eigenvalue weighted by Crippen LogP contribution is 2.36. The number of hydrogen-bond acceptors (Lipinski definition) is 2. The molecule has 0 atom stereocenters. The normalized spacial score (nSPS) is 13.0. The van der Waals surface area contributed by atoms with Gasteiger partial charge in [-0.2, -0.15) is 0 Å². The fourth-order valence-electron chi connectivity index (χ4n) is 3.13. The van der Waals surface area contributed by atoms with Crippen molar-refractivity contribution in [2.75, 3.05) is 0 Å². The third-order valence-corrected chi connectivity index (χ3v) is 4.73. The van der Waals surface area contributed by atoms with E-state index in [1.54, 1.807) is 6.07 Å². The monoisotopic (exact) mass is 358 g/mol. The zero-order chi connectivity index (χ0) is 15.4. The maximum atomic E-state index is 13.4. The Kier molecular flexibility index (Phi) is 2.98. The van der Waals surface area contributed by atoms with Crippen molar-refractivity contribution in [2.45, 2.75) is 19.8 Å². The molecule has 22 heavy (non-hydrogen) atoms. The van der Waals surface area contributed by atoms with Crippen molar-refractivity contribution < 1.29 is 8.81 Å². The van der Waals surface area contributed by atoms with Crippen LogP contribution in [0, 0.1) is 12.7 Å². The van der Waals surface area contributed by atoms with Gasteiger partial charge in [-0.1, -0.05) is 0 Å². The molecule has 0 N–H and O–H groups in total. The van der Waals surface area contributed by atoms with E-state index in [9.17, 15) is 9.18 Å². The molecule has 0 unspecified atom stereocenters. The summed E-state index contributed by atoms with van der Waals surface area (Å²) in [5.41, 5.74) is 3.95. The Balaban J connectivity index is 2.12. The van der Waals surface area contributed by atoms with Gasteiger partial charge in [0.15, 0.2) is 11.0 Å². The lowest BCUT2D eigenvalue weighted by atomic mass is 9.89. The second kappa shape index (κ2) is 4.78. The van der Waals surface area contributed by atoms with E-state index in [1.807, 2.05) is 19.1 Å². The Bertz CT molecular complexity index is 989. The molecule has 0 amide bonds. The first-order valence-electron chi connectivity index (χ1n) is 7.09. The predicted molar refractivity (Wildman–Crippen MR) is 87.7 cm³/mol. The molecule has 3 aromatic rings. The summed E-state index contributed by atoms with van der Waals surface area (Å²) >= 11 is 3.47. The van der Waals surface area contributed by atoms with Gasteiger partial charge in [-0.3, -0.25) is 4.79 Å². The van der Waals surface area contributed by atoms with E-state index in [0.717, 1.165) is 21.2 Å². The molecule has 0 saturated carbocycles. The van der Waals surface area contributed by atoms with Crippen LogP contribution >= 0.6 is 15.9 Å². The summed E-state index contributed by atoms with van der Waals surface area (Å²) in [5.74, 6) is 0.311. The molecule has 0 spiro atoms. The molecule has 0 bridgehead atoms. The Hall–Kier alpha value is -1.94. The van der Waals surface area contributed by atoms with E-state index in [-0.39, 0.29) is 11.2 Å². The summed E-state index contributed by atoms with van der Waals surface area (Å²) in [4.78, 5) is 12.8. The Morgan fingerprint density at radius 1 is 1.18 bits per heavy atom. The molecule has 0 fully saturated rings. The van der Waals surface area contributed by atoms with Crippen molar-refractivity contribution in [1.82, 2.24) is 0 Å². The summed E-state index contributed by atoms with van der Waals surface area (Å²) < 4.78 is 20.2. The molecular weight excluding hydrogens is 347 g/mol. The van der Waals surface area contributed by atoms with Gasteiger partial charge < -0.3 is 4.42 Å². The van der Waals surface area contributed by atoms with Crippen LogP contribution in [0.1, 0.15) is 16.7 Å². The van der Waals surface area contributed by atoms with Crippen LogP contribution in [-0.4, -0.2) is 0 Å². The Morgan fingerprint density at radius 2 is 2.00 bits per heavy atom. The van der Waals surface area contributed by atoms with Gasteiger partial charge in [0, 0.05) is 11.1 Å². The first-order chi connectivity index (χ1) is 10.5. The van der Waals surface area contributed by atoms with Crippen LogP contribution in [0.2, 0.25) is 0 Å². The largest absolute Gasteiger partial charge is 0.454 e. The molecule has 4 rings (SSSR count). The van der Waals surface area contributed by atoms with Gasteiger partial charge in [-0.05, 0) is 77.2 Å². The van der Waals surface area contributed by atoms with Crippen LogP contribution in [-0.2, 0) is 12.8 Å². The van der Waals surface area contributed by atoms with Crippen LogP contribution in [0.4, 0.5) is 4.39 Å². The summed E-state index contributed by atoms with van der Waals surface area (Å²) in [6.07, 6.45) is 1.24. The lowest BCUT2D eigenvalue weighted by Crippen LogP contribution is -2.16. The van der Waals surface area contributed by atoms with Crippen molar-refractivity contribution in [3.63, 3.8) is 0 Å². The van der Waals surface area contributed by atoms with Crippen LogP contribution in [0.15, 0.2) is 44.0 Å². The standard InChI is InChI=1S/C18H12BrFO2/c1-9-6-14-16(21)13-4-2-10-8-11(20)3-5-12(10)17(13)22-18(14)15(19)7-9/h3,5-8H,2,4H2,1H3. The third kappa shape index (κ3) is 1.94. The minimum absolute atomic E-state index is 0.00984. The molecule has 1 aromatic heterocycles. The molecule has 1 heterocycles. The maximum absolute atomic E-state index is 13.4. The van der Waals surface area contributed by atoms with Gasteiger partial charge in [-0.15, -0.1) is 0 Å². The zero-order valence-electron chi connectivity index (χ0n) is 11.9. The topological polar surface area (TPSA) is 30.2 Å². The smallest absolute Gasteiger partial charge is 0.196 e. The summed E-state index contributed by atoms with van der Waals surface area (Å²) in [6, 6.07) is 8.40. The minimum Gasteiger partial charge on any atom is -0.454 e.